The molecule has 4 heteroatoms. The quantitative estimate of drug-likeness (QED) is 0.835. The molecule has 0 spiro atoms. The van der Waals surface area contributed by atoms with Crippen LogP contribution in [0.25, 0.3) is 11.2 Å². The van der Waals surface area contributed by atoms with E-state index in [1.165, 1.54) is 18.4 Å². The van der Waals surface area contributed by atoms with Crippen molar-refractivity contribution < 1.29 is 0 Å². The Hall–Kier alpha value is -1.16. The summed E-state index contributed by atoms with van der Waals surface area (Å²) < 4.78 is 2.92. The van der Waals surface area contributed by atoms with Crippen LogP contribution in [0.3, 0.4) is 0 Å². The number of nitrogens with zero attached hydrogens (tertiary/aromatic N) is 2. The number of aryl methyl sites for hydroxylation is 1. The number of nitrogens with one attached hydrogen (secondary N) is 1. The molecule has 0 fully saturated rings. The SMILES string of the molecule is CCC(CC)Cn1c(=S)[nH]c2c(C)ccnc21. The molecular weight excluding hydrogens is 230 g/mol. The van der Waals surface area contributed by atoms with E-state index in [9.17, 15) is 0 Å². The summed E-state index contributed by atoms with van der Waals surface area (Å²) in [6, 6.07) is 2.01. The number of hydrogen-bond donors (Lipinski definition) is 1. The van der Waals surface area contributed by atoms with Crippen LogP contribution in [0.15, 0.2) is 12.3 Å². The van der Waals surface area contributed by atoms with Crippen LogP contribution in [0.4, 0.5) is 0 Å². The molecule has 0 aliphatic carbocycles. The average Bonchev–Trinajstić information content (AvgIpc) is 2.64. The predicted octanol–water partition coefficient (Wildman–Crippen LogP) is 3.84. The largest absolute Gasteiger partial charge is 0.329 e. The zero-order chi connectivity index (χ0) is 12.4. The van der Waals surface area contributed by atoms with Gasteiger partial charge in [-0.15, -0.1) is 0 Å². The lowest BCUT2D eigenvalue weighted by Gasteiger charge is -2.13. The van der Waals surface area contributed by atoms with E-state index in [0.29, 0.717) is 5.92 Å². The lowest BCUT2D eigenvalue weighted by Crippen LogP contribution is -2.09. The van der Waals surface area contributed by atoms with Crippen LogP contribution in [-0.4, -0.2) is 14.5 Å². The Labute approximate surface area is 107 Å². The zero-order valence-corrected chi connectivity index (χ0v) is 11.5. The van der Waals surface area contributed by atoms with Gasteiger partial charge in [0, 0.05) is 12.7 Å². The average molecular weight is 249 g/mol. The molecule has 0 aliphatic heterocycles. The van der Waals surface area contributed by atoms with Gasteiger partial charge in [0.1, 0.15) is 0 Å². The minimum atomic E-state index is 0.669. The molecule has 0 amide bonds. The second-order valence-corrected chi connectivity index (χ2v) is 4.94. The van der Waals surface area contributed by atoms with E-state index in [1.54, 1.807) is 0 Å². The third kappa shape index (κ3) is 2.27. The minimum absolute atomic E-state index is 0.669. The van der Waals surface area contributed by atoms with Crippen LogP contribution in [0, 0.1) is 17.6 Å². The van der Waals surface area contributed by atoms with Crippen molar-refractivity contribution in [3.05, 3.63) is 22.6 Å². The standard InChI is InChI=1S/C13H19N3S/c1-4-10(5-2)8-16-12-11(15-13(16)17)9(3)6-7-14-12/h6-7,10H,4-5,8H2,1-3H3,(H,15,17). The maximum Gasteiger partial charge on any atom is 0.179 e. The van der Waals surface area contributed by atoms with Crippen molar-refractivity contribution >= 4 is 23.4 Å². The Balaban J connectivity index is 2.50. The molecule has 0 bridgehead atoms. The van der Waals surface area contributed by atoms with Crippen LogP contribution >= 0.6 is 12.2 Å². The van der Waals surface area contributed by atoms with Crippen LogP contribution in [0.1, 0.15) is 32.3 Å². The maximum atomic E-state index is 5.39. The summed E-state index contributed by atoms with van der Waals surface area (Å²) >= 11 is 5.39. The Morgan fingerprint density at radius 1 is 1.41 bits per heavy atom. The fourth-order valence-corrected chi connectivity index (χ4v) is 2.41. The van der Waals surface area contributed by atoms with Crippen molar-refractivity contribution in [1.82, 2.24) is 14.5 Å². The summed E-state index contributed by atoms with van der Waals surface area (Å²) in [6.45, 7) is 7.50. The van der Waals surface area contributed by atoms with Gasteiger partial charge in [-0.05, 0) is 36.7 Å². The number of aromatic nitrogens is 3. The third-order valence-corrected chi connectivity index (χ3v) is 3.79. The molecule has 2 heterocycles. The topological polar surface area (TPSA) is 33.6 Å². The first-order chi connectivity index (χ1) is 8.17. The summed E-state index contributed by atoms with van der Waals surface area (Å²) in [5.74, 6) is 0.669. The minimum Gasteiger partial charge on any atom is -0.329 e. The second-order valence-electron chi connectivity index (χ2n) is 4.55. The first kappa shape index (κ1) is 12.3. The number of H-pyrrole nitrogens is 1. The lowest BCUT2D eigenvalue weighted by molar-refractivity contribution is 0.421. The van der Waals surface area contributed by atoms with Gasteiger partial charge in [0.05, 0.1) is 5.52 Å². The van der Waals surface area contributed by atoms with E-state index in [-0.39, 0.29) is 0 Å². The van der Waals surface area contributed by atoms with Gasteiger partial charge in [-0.25, -0.2) is 4.98 Å². The van der Waals surface area contributed by atoms with Crippen molar-refractivity contribution in [2.24, 2.45) is 5.92 Å². The van der Waals surface area contributed by atoms with Crippen molar-refractivity contribution in [2.45, 2.75) is 40.2 Å². The van der Waals surface area contributed by atoms with Gasteiger partial charge in [-0.3, -0.25) is 0 Å². The molecule has 0 aliphatic rings. The van der Waals surface area contributed by atoms with Gasteiger partial charge in [-0.2, -0.15) is 0 Å². The summed E-state index contributed by atoms with van der Waals surface area (Å²) in [6.07, 6.45) is 4.21. The van der Waals surface area contributed by atoms with E-state index in [1.807, 2.05) is 12.3 Å². The number of hydrogen-bond acceptors (Lipinski definition) is 2. The Morgan fingerprint density at radius 3 is 2.76 bits per heavy atom. The smallest absolute Gasteiger partial charge is 0.179 e. The molecule has 0 unspecified atom stereocenters. The Morgan fingerprint density at radius 2 is 2.12 bits per heavy atom. The number of imidazole rings is 1. The highest BCUT2D eigenvalue weighted by atomic mass is 32.1. The first-order valence-electron chi connectivity index (χ1n) is 6.21. The predicted molar refractivity (Wildman–Crippen MR) is 73.7 cm³/mol. The van der Waals surface area contributed by atoms with Crippen LogP contribution in [0.2, 0.25) is 0 Å². The number of aromatic amines is 1. The highest BCUT2D eigenvalue weighted by Crippen LogP contribution is 2.19. The molecule has 17 heavy (non-hydrogen) atoms. The summed E-state index contributed by atoms with van der Waals surface area (Å²) in [5, 5.41) is 0. The summed E-state index contributed by atoms with van der Waals surface area (Å²) in [5.41, 5.74) is 3.26. The molecule has 3 nitrogen and oxygen atoms in total. The van der Waals surface area contributed by atoms with Gasteiger partial charge in [-0.1, -0.05) is 26.7 Å². The second kappa shape index (κ2) is 5.00. The van der Waals surface area contributed by atoms with Gasteiger partial charge in [0.15, 0.2) is 10.4 Å². The molecule has 0 atom stereocenters. The van der Waals surface area contributed by atoms with Crippen molar-refractivity contribution in [2.75, 3.05) is 0 Å². The zero-order valence-electron chi connectivity index (χ0n) is 10.7. The molecular formula is C13H19N3S. The number of rotatable bonds is 4. The fraction of sp³-hybridized carbons (Fsp3) is 0.538. The van der Waals surface area contributed by atoms with Crippen LogP contribution in [-0.2, 0) is 6.54 Å². The van der Waals surface area contributed by atoms with Gasteiger partial charge in [0.2, 0.25) is 0 Å². The van der Waals surface area contributed by atoms with Gasteiger partial charge < -0.3 is 9.55 Å². The third-order valence-electron chi connectivity index (χ3n) is 3.47. The van der Waals surface area contributed by atoms with E-state index in [4.69, 9.17) is 12.2 Å². The number of fused-ring (bicyclic) bond motifs is 1. The summed E-state index contributed by atoms with van der Waals surface area (Å²) in [7, 11) is 0. The fourth-order valence-electron chi connectivity index (χ4n) is 2.15. The molecule has 2 aromatic heterocycles. The summed E-state index contributed by atoms with van der Waals surface area (Å²) in [4.78, 5) is 7.71. The van der Waals surface area contributed by atoms with E-state index in [2.05, 4.69) is 35.3 Å². The Bertz CT molecular complexity index is 564. The molecule has 2 rings (SSSR count). The molecule has 1 N–H and O–H groups in total. The van der Waals surface area contributed by atoms with E-state index in [0.717, 1.165) is 22.5 Å². The van der Waals surface area contributed by atoms with Crippen LogP contribution in [0.5, 0.6) is 0 Å². The van der Waals surface area contributed by atoms with Crippen molar-refractivity contribution in [3.63, 3.8) is 0 Å². The molecule has 2 aromatic rings. The van der Waals surface area contributed by atoms with Crippen molar-refractivity contribution in [3.8, 4) is 0 Å². The van der Waals surface area contributed by atoms with E-state index < -0.39 is 0 Å². The highest BCUT2D eigenvalue weighted by molar-refractivity contribution is 7.71. The Kier molecular flexibility index (Phi) is 3.62. The highest BCUT2D eigenvalue weighted by Gasteiger charge is 2.11. The monoisotopic (exact) mass is 249 g/mol. The first-order valence-corrected chi connectivity index (χ1v) is 6.62. The van der Waals surface area contributed by atoms with Gasteiger partial charge >= 0.3 is 0 Å². The number of pyridine rings is 1. The van der Waals surface area contributed by atoms with Gasteiger partial charge in [0.25, 0.3) is 0 Å². The molecule has 0 radical (unpaired) electrons. The van der Waals surface area contributed by atoms with E-state index >= 15 is 0 Å². The maximum absolute atomic E-state index is 5.39. The molecule has 0 aromatic carbocycles. The molecule has 0 saturated heterocycles. The lowest BCUT2D eigenvalue weighted by atomic mass is 10.0. The van der Waals surface area contributed by atoms with Crippen LogP contribution < -0.4 is 0 Å². The normalized spacial score (nSPS) is 11.5. The van der Waals surface area contributed by atoms with Crippen molar-refractivity contribution in [1.29, 1.82) is 0 Å². The molecule has 92 valence electrons. The molecule has 0 saturated carbocycles.